The van der Waals surface area contributed by atoms with E-state index < -0.39 is 0 Å². The molecule has 3 atom stereocenters. The van der Waals surface area contributed by atoms with E-state index >= 15 is 0 Å². The Labute approximate surface area is 111 Å². The van der Waals surface area contributed by atoms with Crippen molar-refractivity contribution in [2.75, 3.05) is 53.4 Å². The summed E-state index contributed by atoms with van der Waals surface area (Å²) in [5.74, 6) is 0. The maximum absolute atomic E-state index is 3.86. The smallest absolute Gasteiger partial charge is 0.0345 e. The van der Waals surface area contributed by atoms with Crippen molar-refractivity contribution in [3.05, 3.63) is 0 Å². The van der Waals surface area contributed by atoms with Crippen LogP contribution in [0.4, 0.5) is 0 Å². The minimum Gasteiger partial charge on any atom is -0.311 e. The van der Waals surface area contributed by atoms with E-state index in [9.17, 15) is 0 Å². The van der Waals surface area contributed by atoms with Crippen LogP contribution in [-0.4, -0.2) is 86.2 Å². The van der Waals surface area contributed by atoms with Gasteiger partial charge in [0.05, 0.1) is 0 Å². The summed E-state index contributed by atoms with van der Waals surface area (Å²) in [6, 6.07) is 2.30. The van der Waals surface area contributed by atoms with Crippen molar-refractivity contribution in [2.45, 2.75) is 37.4 Å². The molecule has 0 aromatic carbocycles. The highest BCUT2D eigenvalue weighted by Gasteiger charge is 2.37. The first kappa shape index (κ1) is 12.9. The molecule has 3 unspecified atom stereocenters. The topological polar surface area (TPSA) is 21.8 Å². The Balaban J connectivity index is 1.48. The van der Waals surface area contributed by atoms with Gasteiger partial charge in [0.2, 0.25) is 0 Å². The zero-order valence-electron chi connectivity index (χ0n) is 11.9. The van der Waals surface area contributed by atoms with Crippen molar-refractivity contribution in [1.29, 1.82) is 0 Å². The lowest BCUT2D eigenvalue weighted by atomic mass is 10.1. The summed E-state index contributed by atoms with van der Waals surface area (Å²) in [5, 5.41) is 3.86. The van der Waals surface area contributed by atoms with Crippen LogP contribution < -0.4 is 5.32 Å². The number of likely N-dealkylation sites (N-methyl/N-ethyl adjacent to an activating group) is 2. The Kier molecular flexibility index (Phi) is 3.89. The molecular weight excluding hydrogens is 224 g/mol. The van der Waals surface area contributed by atoms with Gasteiger partial charge in [-0.1, -0.05) is 0 Å². The van der Waals surface area contributed by atoms with Crippen molar-refractivity contribution in [3.63, 3.8) is 0 Å². The zero-order valence-corrected chi connectivity index (χ0v) is 11.9. The molecule has 0 bridgehead atoms. The Morgan fingerprint density at radius 3 is 2.83 bits per heavy atom. The van der Waals surface area contributed by atoms with Gasteiger partial charge in [0.15, 0.2) is 0 Å². The van der Waals surface area contributed by atoms with Gasteiger partial charge in [-0.25, -0.2) is 0 Å². The van der Waals surface area contributed by atoms with Crippen LogP contribution in [0.3, 0.4) is 0 Å². The third-order valence-corrected chi connectivity index (χ3v) is 5.20. The van der Waals surface area contributed by atoms with Gasteiger partial charge >= 0.3 is 0 Å². The van der Waals surface area contributed by atoms with Crippen LogP contribution in [0.15, 0.2) is 0 Å². The van der Waals surface area contributed by atoms with Gasteiger partial charge in [-0.15, -0.1) is 0 Å². The minimum atomic E-state index is 0.694. The van der Waals surface area contributed by atoms with E-state index in [1.807, 2.05) is 0 Å². The summed E-state index contributed by atoms with van der Waals surface area (Å²) < 4.78 is 0. The van der Waals surface area contributed by atoms with Crippen LogP contribution in [0.25, 0.3) is 0 Å². The van der Waals surface area contributed by atoms with Crippen LogP contribution in [0.1, 0.15) is 19.3 Å². The SMILES string of the molecule is CN1CCN(C)C(CNC2CCN3CCCC23)C1. The summed E-state index contributed by atoms with van der Waals surface area (Å²) in [5.41, 5.74) is 0. The Morgan fingerprint density at radius 2 is 1.94 bits per heavy atom. The number of nitrogens with one attached hydrogen (secondary N) is 1. The highest BCUT2D eigenvalue weighted by atomic mass is 15.3. The third kappa shape index (κ3) is 2.57. The van der Waals surface area contributed by atoms with Gasteiger partial charge in [-0.3, -0.25) is 9.80 Å². The second-order valence-corrected chi connectivity index (χ2v) is 6.45. The predicted molar refractivity (Wildman–Crippen MR) is 74.9 cm³/mol. The van der Waals surface area contributed by atoms with Gasteiger partial charge in [0.1, 0.15) is 0 Å². The van der Waals surface area contributed by atoms with E-state index in [4.69, 9.17) is 0 Å². The van der Waals surface area contributed by atoms with Crippen molar-refractivity contribution < 1.29 is 0 Å². The maximum atomic E-state index is 3.86. The molecule has 0 radical (unpaired) electrons. The fourth-order valence-electron chi connectivity index (χ4n) is 3.93. The van der Waals surface area contributed by atoms with Crippen LogP contribution in [0.5, 0.6) is 0 Å². The average molecular weight is 252 g/mol. The molecule has 3 aliphatic rings. The van der Waals surface area contributed by atoms with E-state index in [1.54, 1.807) is 0 Å². The van der Waals surface area contributed by atoms with Gasteiger partial charge in [-0.05, 0) is 39.9 Å². The second kappa shape index (κ2) is 5.45. The number of rotatable bonds is 3. The molecule has 4 nitrogen and oxygen atoms in total. The molecular formula is C14H28N4. The molecule has 0 aromatic heterocycles. The van der Waals surface area contributed by atoms with Gasteiger partial charge in [0, 0.05) is 50.8 Å². The summed E-state index contributed by atoms with van der Waals surface area (Å²) in [7, 11) is 4.52. The quantitative estimate of drug-likeness (QED) is 0.767. The Bertz CT molecular complexity index is 281. The molecule has 4 heteroatoms. The Morgan fingerprint density at radius 1 is 1.06 bits per heavy atom. The molecule has 1 N–H and O–H groups in total. The highest BCUT2D eigenvalue weighted by Crippen LogP contribution is 2.27. The van der Waals surface area contributed by atoms with E-state index in [0.29, 0.717) is 6.04 Å². The van der Waals surface area contributed by atoms with Gasteiger partial charge in [0.25, 0.3) is 0 Å². The summed E-state index contributed by atoms with van der Waals surface area (Å²) in [4.78, 5) is 7.67. The number of nitrogens with zero attached hydrogens (tertiary/aromatic N) is 3. The molecule has 0 amide bonds. The first-order valence-corrected chi connectivity index (χ1v) is 7.60. The first-order valence-electron chi connectivity index (χ1n) is 7.60. The lowest BCUT2D eigenvalue weighted by molar-refractivity contribution is 0.110. The normalized spacial score (nSPS) is 39.3. The molecule has 3 saturated heterocycles. The van der Waals surface area contributed by atoms with Crippen LogP contribution in [0.2, 0.25) is 0 Å². The molecule has 0 aliphatic carbocycles. The summed E-state index contributed by atoms with van der Waals surface area (Å²) in [6.07, 6.45) is 4.18. The number of piperazine rings is 1. The minimum absolute atomic E-state index is 0.694. The molecule has 0 aromatic rings. The van der Waals surface area contributed by atoms with E-state index in [1.165, 1.54) is 52.0 Å². The van der Waals surface area contributed by atoms with Gasteiger partial charge in [-0.2, -0.15) is 0 Å². The lowest BCUT2D eigenvalue weighted by Gasteiger charge is -2.38. The first-order chi connectivity index (χ1) is 8.74. The lowest BCUT2D eigenvalue weighted by Crippen LogP contribution is -2.55. The second-order valence-electron chi connectivity index (χ2n) is 6.45. The van der Waals surface area contributed by atoms with Crippen LogP contribution in [-0.2, 0) is 0 Å². The molecule has 3 heterocycles. The molecule has 3 fully saturated rings. The molecule has 3 aliphatic heterocycles. The van der Waals surface area contributed by atoms with Crippen LogP contribution >= 0.6 is 0 Å². The highest BCUT2D eigenvalue weighted by molar-refractivity contribution is 4.96. The van der Waals surface area contributed by atoms with E-state index in [0.717, 1.165) is 18.6 Å². The molecule has 0 saturated carbocycles. The number of hydrogen-bond acceptors (Lipinski definition) is 4. The van der Waals surface area contributed by atoms with Crippen molar-refractivity contribution in [1.82, 2.24) is 20.0 Å². The summed E-state index contributed by atoms with van der Waals surface area (Å²) in [6.45, 7) is 7.47. The molecule has 18 heavy (non-hydrogen) atoms. The van der Waals surface area contributed by atoms with Crippen LogP contribution in [0, 0.1) is 0 Å². The Hall–Kier alpha value is -0.160. The molecule has 0 spiro atoms. The number of hydrogen-bond donors (Lipinski definition) is 1. The largest absolute Gasteiger partial charge is 0.311 e. The number of fused-ring (bicyclic) bond motifs is 1. The fourth-order valence-corrected chi connectivity index (χ4v) is 3.93. The standard InChI is InChI=1S/C14H28N4/c1-16-8-9-17(2)12(11-16)10-15-13-5-7-18-6-3-4-14(13)18/h12-15H,3-11H2,1-2H3. The summed E-state index contributed by atoms with van der Waals surface area (Å²) >= 11 is 0. The van der Waals surface area contributed by atoms with Crippen molar-refractivity contribution >= 4 is 0 Å². The molecule has 3 rings (SSSR count). The van der Waals surface area contributed by atoms with Crippen molar-refractivity contribution in [2.24, 2.45) is 0 Å². The predicted octanol–water partition coefficient (Wildman–Crippen LogP) is 0.0585. The monoisotopic (exact) mass is 252 g/mol. The fraction of sp³-hybridized carbons (Fsp3) is 1.00. The van der Waals surface area contributed by atoms with E-state index in [-0.39, 0.29) is 0 Å². The van der Waals surface area contributed by atoms with Crippen molar-refractivity contribution in [3.8, 4) is 0 Å². The maximum Gasteiger partial charge on any atom is 0.0345 e. The third-order valence-electron chi connectivity index (χ3n) is 5.20. The zero-order chi connectivity index (χ0) is 12.5. The average Bonchev–Trinajstić information content (AvgIpc) is 2.93. The van der Waals surface area contributed by atoms with E-state index in [2.05, 4.69) is 34.1 Å². The molecule has 104 valence electrons. The van der Waals surface area contributed by atoms with Gasteiger partial charge < -0.3 is 10.2 Å².